The van der Waals surface area contributed by atoms with Gasteiger partial charge in [-0.1, -0.05) is 20.8 Å². The van der Waals surface area contributed by atoms with Gasteiger partial charge < -0.3 is 4.74 Å². The Labute approximate surface area is 110 Å². The zero-order chi connectivity index (χ0) is 13.2. The average molecular weight is 250 g/mol. The Morgan fingerprint density at radius 1 is 1.11 bits per heavy atom. The Hall–Kier alpha value is -0.530. The van der Waals surface area contributed by atoms with Crippen LogP contribution in [0.15, 0.2) is 0 Å². The molecule has 5 unspecified atom stereocenters. The number of ether oxygens (including phenoxy) is 1. The molecule has 0 N–H and O–H groups in total. The number of rotatable bonds is 2. The van der Waals surface area contributed by atoms with Gasteiger partial charge >= 0.3 is 0 Å². The topological polar surface area (TPSA) is 26.3 Å². The molecule has 1 spiro atoms. The highest BCUT2D eigenvalue weighted by Crippen LogP contribution is 2.73. The van der Waals surface area contributed by atoms with Gasteiger partial charge in [-0.15, -0.1) is 0 Å². The van der Waals surface area contributed by atoms with E-state index in [0.29, 0.717) is 23.2 Å². The SMILES string of the molecule is CC1CCC2C(C)(C)C3CC12CCC3(C)OC=O. The molecule has 0 aliphatic heterocycles. The molecular weight excluding hydrogens is 224 g/mol. The summed E-state index contributed by atoms with van der Waals surface area (Å²) in [6.07, 6.45) is 6.36. The van der Waals surface area contributed by atoms with Crippen molar-refractivity contribution in [2.45, 2.75) is 65.4 Å². The molecule has 0 radical (unpaired) electrons. The average Bonchev–Trinajstić information content (AvgIpc) is 2.71. The first kappa shape index (κ1) is 12.5. The Morgan fingerprint density at radius 3 is 2.50 bits per heavy atom. The Kier molecular flexibility index (Phi) is 2.44. The van der Waals surface area contributed by atoms with Gasteiger partial charge in [-0.3, -0.25) is 4.79 Å². The highest BCUT2D eigenvalue weighted by Gasteiger charge is 2.68. The number of hydrogen-bond acceptors (Lipinski definition) is 2. The molecule has 0 amide bonds. The second kappa shape index (κ2) is 3.52. The summed E-state index contributed by atoms with van der Waals surface area (Å²) in [6.45, 7) is 10.1. The summed E-state index contributed by atoms with van der Waals surface area (Å²) in [5.74, 6) is 2.23. The Morgan fingerprint density at radius 2 is 1.83 bits per heavy atom. The van der Waals surface area contributed by atoms with Crippen molar-refractivity contribution in [2.75, 3.05) is 0 Å². The molecule has 3 saturated carbocycles. The molecule has 3 aliphatic rings. The monoisotopic (exact) mass is 250 g/mol. The van der Waals surface area contributed by atoms with Gasteiger partial charge in [0.1, 0.15) is 5.60 Å². The van der Waals surface area contributed by atoms with Crippen LogP contribution < -0.4 is 0 Å². The highest BCUT2D eigenvalue weighted by molar-refractivity contribution is 5.39. The van der Waals surface area contributed by atoms with Gasteiger partial charge in [0, 0.05) is 5.92 Å². The van der Waals surface area contributed by atoms with E-state index in [2.05, 4.69) is 27.7 Å². The quantitative estimate of drug-likeness (QED) is 0.697. The van der Waals surface area contributed by atoms with Crippen molar-refractivity contribution in [3.63, 3.8) is 0 Å². The summed E-state index contributed by atoms with van der Waals surface area (Å²) in [7, 11) is 0. The fourth-order valence-corrected chi connectivity index (χ4v) is 6.11. The van der Waals surface area contributed by atoms with Gasteiger partial charge in [0.2, 0.25) is 0 Å². The van der Waals surface area contributed by atoms with Crippen LogP contribution in [0.25, 0.3) is 0 Å². The van der Waals surface area contributed by atoms with Crippen LogP contribution in [0.5, 0.6) is 0 Å². The summed E-state index contributed by atoms with van der Waals surface area (Å²) >= 11 is 0. The summed E-state index contributed by atoms with van der Waals surface area (Å²) in [4.78, 5) is 10.9. The van der Waals surface area contributed by atoms with Crippen LogP contribution in [0, 0.1) is 28.6 Å². The van der Waals surface area contributed by atoms with E-state index in [0.717, 1.165) is 18.3 Å². The molecule has 0 heterocycles. The molecule has 0 aromatic carbocycles. The maximum atomic E-state index is 10.9. The van der Waals surface area contributed by atoms with Gasteiger partial charge in [0.25, 0.3) is 6.47 Å². The lowest BCUT2D eigenvalue weighted by atomic mass is 9.64. The third-order valence-electron chi connectivity index (χ3n) is 7.09. The van der Waals surface area contributed by atoms with E-state index in [1.54, 1.807) is 0 Å². The third-order valence-corrected chi connectivity index (χ3v) is 7.09. The molecule has 18 heavy (non-hydrogen) atoms. The van der Waals surface area contributed by atoms with Gasteiger partial charge in [-0.25, -0.2) is 0 Å². The van der Waals surface area contributed by atoms with Gasteiger partial charge in [-0.2, -0.15) is 0 Å². The first-order chi connectivity index (χ1) is 8.37. The zero-order valence-electron chi connectivity index (χ0n) is 12.2. The largest absolute Gasteiger partial charge is 0.461 e. The van der Waals surface area contributed by atoms with Crippen molar-refractivity contribution in [1.29, 1.82) is 0 Å². The van der Waals surface area contributed by atoms with Crippen molar-refractivity contribution >= 4 is 6.47 Å². The number of fused-ring (bicyclic) bond motifs is 1. The minimum absolute atomic E-state index is 0.222. The lowest BCUT2D eigenvalue weighted by Crippen LogP contribution is -2.46. The van der Waals surface area contributed by atoms with E-state index < -0.39 is 0 Å². The van der Waals surface area contributed by atoms with Crippen molar-refractivity contribution in [3.05, 3.63) is 0 Å². The van der Waals surface area contributed by atoms with E-state index in [4.69, 9.17) is 4.74 Å². The fourth-order valence-electron chi connectivity index (χ4n) is 6.11. The maximum absolute atomic E-state index is 10.9. The molecular formula is C16H26O2. The van der Waals surface area contributed by atoms with Crippen LogP contribution in [-0.2, 0) is 9.53 Å². The summed E-state index contributed by atoms with van der Waals surface area (Å²) in [5.41, 5.74) is 0.652. The smallest absolute Gasteiger partial charge is 0.293 e. The van der Waals surface area contributed by atoms with E-state index >= 15 is 0 Å². The van der Waals surface area contributed by atoms with Crippen LogP contribution in [0.4, 0.5) is 0 Å². The van der Waals surface area contributed by atoms with Crippen molar-refractivity contribution < 1.29 is 9.53 Å². The molecule has 3 aliphatic carbocycles. The minimum atomic E-state index is -0.222. The van der Waals surface area contributed by atoms with Gasteiger partial charge in [-0.05, 0) is 61.7 Å². The first-order valence-electron chi connectivity index (χ1n) is 7.48. The molecule has 2 bridgehead atoms. The minimum Gasteiger partial charge on any atom is -0.461 e. The summed E-state index contributed by atoms with van der Waals surface area (Å²) in [5, 5.41) is 0. The van der Waals surface area contributed by atoms with Crippen LogP contribution in [0.3, 0.4) is 0 Å². The lowest BCUT2D eigenvalue weighted by molar-refractivity contribution is -0.157. The van der Waals surface area contributed by atoms with Crippen LogP contribution >= 0.6 is 0 Å². The zero-order valence-corrected chi connectivity index (χ0v) is 12.2. The first-order valence-corrected chi connectivity index (χ1v) is 7.48. The standard InChI is InChI=1S/C16H26O2/c1-11-5-6-12-14(2,3)13-9-16(11,12)8-7-15(13,4)18-10-17/h10-13H,5-9H2,1-4H3. The Balaban J connectivity index is 2.01. The Bertz CT molecular complexity index is 375. The molecule has 0 saturated heterocycles. The molecule has 0 aromatic rings. The highest BCUT2D eigenvalue weighted by atomic mass is 16.5. The molecule has 2 nitrogen and oxygen atoms in total. The van der Waals surface area contributed by atoms with E-state index in [1.165, 1.54) is 25.7 Å². The van der Waals surface area contributed by atoms with Crippen molar-refractivity contribution in [3.8, 4) is 0 Å². The summed E-state index contributed by atoms with van der Waals surface area (Å²) in [6, 6.07) is 0. The van der Waals surface area contributed by atoms with E-state index in [1.807, 2.05) is 0 Å². The normalized spacial score (nSPS) is 53.0. The second-order valence-corrected chi connectivity index (χ2v) is 7.87. The molecule has 3 fully saturated rings. The van der Waals surface area contributed by atoms with Crippen molar-refractivity contribution in [1.82, 2.24) is 0 Å². The molecule has 5 atom stereocenters. The predicted molar refractivity (Wildman–Crippen MR) is 71.0 cm³/mol. The van der Waals surface area contributed by atoms with E-state index in [-0.39, 0.29) is 5.60 Å². The summed E-state index contributed by atoms with van der Waals surface area (Å²) < 4.78 is 5.55. The maximum Gasteiger partial charge on any atom is 0.293 e. The van der Waals surface area contributed by atoms with Crippen molar-refractivity contribution in [2.24, 2.45) is 28.6 Å². The van der Waals surface area contributed by atoms with Gasteiger partial charge in [0.05, 0.1) is 0 Å². The predicted octanol–water partition coefficient (Wildman–Crippen LogP) is 3.79. The molecule has 0 aromatic heterocycles. The fraction of sp³-hybridized carbons (Fsp3) is 0.938. The van der Waals surface area contributed by atoms with Crippen LogP contribution in [0.2, 0.25) is 0 Å². The second-order valence-electron chi connectivity index (χ2n) is 7.87. The van der Waals surface area contributed by atoms with Crippen LogP contribution in [0.1, 0.15) is 59.8 Å². The third kappa shape index (κ3) is 1.27. The molecule has 2 heteroatoms. The van der Waals surface area contributed by atoms with E-state index in [9.17, 15) is 4.79 Å². The number of carbonyl (C=O) groups excluding carboxylic acids is 1. The molecule has 102 valence electrons. The van der Waals surface area contributed by atoms with Crippen LogP contribution in [-0.4, -0.2) is 12.1 Å². The number of carbonyl (C=O) groups is 1. The lowest BCUT2D eigenvalue weighted by Gasteiger charge is -2.45. The molecule has 3 rings (SSSR count). The van der Waals surface area contributed by atoms with Gasteiger partial charge in [0.15, 0.2) is 0 Å². The number of hydrogen-bond donors (Lipinski definition) is 0.